The van der Waals surface area contributed by atoms with E-state index < -0.39 is 0 Å². The van der Waals surface area contributed by atoms with Crippen molar-refractivity contribution < 1.29 is 4.79 Å². The molecule has 1 aromatic heterocycles. The molecule has 1 atom stereocenters. The first-order chi connectivity index (χ1) is 10.6. The van der Waals surface area contributed by atoms with Crippen LogP contribution in [0, 0.1) is 12.8 Å². The summed E-state index contributed by atoms with van der Waals surface area (Å²) in [4.78, 5) is 28.9. The standard InChI is InChI=1S/C17H21N3O2/c1-12-4-3-9-19(11-12)16(21)14-5-7-15(8-6-14)20-13(2)10-18-17(20)22/h5-8,10,12H,3-4,9,11H2,1-2H3,(H,18,22)/t12-/m1/s1. The molecule has 116 valence electrons. The molecule has 0 saturated carbocycles. The van der Waals surface area contributed by atoms with E-state index in [1.165, 1.54) is 6.42 Å². The minimum Gasteiger partial charge on any atom is -0.338 e. The van der Waals surface area contributed by atoms with Gasteiger partial charge in [0.25, 0.3) is 5.91 Å². The monoisotopic (exact) mass is 299 g/mol. The van der Waals surface area contributed by atoms with Gasteiger partial charge in [0.2, 0.25) is 0 Å². The number of nitrogens with one attached hydrogen (secondary N) is 1. The third kappa shape index (κ3) is 2.71. The fourth-order valence-corrected chi connectivity index (χ4v) is 3.09. The summed E-state index contributed by atoms with van der Waals surface area (Å²) in [5, 5.41) is 0. The zero-order valence-corrected chi connectivity index (χ0v) is 13.0. The molecule has 1 N–H and O–H groups in total. The van der Waals surface area contributed by atoms with Crippen molar-refractivity contribution >= 4 is 5.91 Å². The Labute approximate surface area is 129 Å². The van der Waals surface area contributed by atoms with E-state index in [1.54, 1.807) is 22.9 Å². The summed E-state index contributed by atoms with van der Waals surface area (Å²) in [6.45, 7) is 5.72. The van der Waals surface area contributed by atoms with Crippen LogP contribution in [0.1, 0.15) is 35.8 Å². The highest BCUT2D eigenvalue weighted by Crippen LogP contribution is 2.18. The highest BCUT2D eigenvalue weighted by Gasteiger charge is 2.22. The number of aromatic nitrogens is 2. The van der Waals surface area contributed by atoms with Crippen molar-refractivity contribution in [3.8, 4) is 5.69 Å². The molecule has 2 aromatic rings. The van der Waals surface area contributed by atoms with Gasteiger partial charge in [-0.3, -0.25) is 9.36 Å². The maximum Gasteiger partial charge on any atom is 0.330 e. The second-order valence-electron chi connectivity index (χ2n) is 6.12. The molecular weight excluding hydrogens is 278 g/mol. The van der Waals surface area contributed by atoms with Crippen molar-refractivity contribution in [2.75, 3.05) is 13.1 Å². The second kappa shape index (κ2) is 5.83. The Morgan fingerprint density at radius 1 is 1.27 bits per heavy atom. The van der Waals surface area contributed by atoms with Gasteiger partial charge in [0.15, 0.2) is 0 Å². The van der Waals surface area contributed by atoms with Gasteiger partial charge < -0.3 is 9.88 Å². The minimum absolute atomic E-state index is 0.0798. The first kappa shape index (κ1) is 14.6. The molecule has 0 spiro atoms. The van der Waals surface area contributed by atoms with Gasteiger partial charge in [-0.25, -0.2) is 4.79 Å². The molecule has 22 heavy (non-hydrogen) atoms. The SMILES string of the molecule is Cc1c[nH]c(=O)n1-c1ccc(C(=O)N2CCC[C@@H](C)C2)cc1. The van der Waals surface area contributed by atoms with Gasteiger partial charge in [-0.1, -0.05) is 6.92 Å². The Kier molecular flexibility index (Phi) is 3.88. The van der Waals surface area contributed by atoms with Crippen molar-refractivity contribution in [2.24, 2.45) is 5.92 Å². The number of benzene rings is 1. The molecule has 1 saturated heterocycles. The molecular formula is C17H21N3O2. The van der Waals surface area contributed by atoms with Crippen molar-refractivity contribution in [1.82, 2.24) is 14.5 Å². The van der Waals surface area contributed by atoms with Gasteiger partial charge >= 0.3 is 5.69 Å². The molecule has 0 unspecified atom stereocenters. The van der Waals surface area contributed by atoms with Crippen molar-refractivity contribution in [3.63, 3.8) is 0 Å². The lowest BCUT2D eigenvalue weighted by Crippen LogP contribution is -2.39. The zero-order valence-electron chi connectivity index (χ0n) is 13.0. The number of H-pyrrole nitrogens is 1. The summed E-state index contributed by atoms with van der Waals surface area (Å²) in [5.41, 5.74) is 2.13. The van der Waals surface area contributed by atoms with E-state index in [-0.39, 0.29) is 11.6 Å². The topological polar surface area (TPSA) is 58.1 Å². The molecule has 2 heterocycles. The van der Waals surface area contributed by atoms with Crippen LogP contribution in [0.5, 0.6) is 0 Å². The fourth-order valence-electron chi connectivity index (χ4n) is 3.09. The number of hydrogen-bond acceptors (Lipinski definition) is 2. The molecule has 0 radical (unpaired) electrons. The Hall–Kier alpha value is -2.30. The minimum atomic E-state index is -0.165. The summed E-state index contributed by atoms with van der Waals surface area (Å²) >= 11 is 0. The van der Waals surface area contributed by atoms with Crippen LogP contribution in [0.2, 0.25) is 0 Å². The molecule has 5 nitrogen and oxygen atoms in total. The highest BCUT2D eigenvalue weighted by molar-refractivity contribution is 5.94. The number of nitrogens with zero attached hydrogens (tertiary/aromatic N) is 2. The van der Waals surface area contributed by atoms with Crippen molar-refractivity contribution in [1.29, 1.82) is 0 Å². The van der Waals surface area contributed by atoms with Gasteiger partial charge in [-0.2, -0.15) is 0 Å². The van der Waals surface area contributed by atoms with Crippen LogP contribution in [-0.2, 0) is 0 Å². The molecule has 1 aliphatic rings. The van der Waals surface area contributed by atoms with Gasteiger partial charge in [0.1, 0.15) is 0 Å². The van der Waals surface area contributed by atoms with E-state index in [4.69, 9.17) is 0 Å². The smallest absolute Gasteiger partial charge is 0.330 e. The lowest BCUT2D eigenvalue weighted by molar-refractivity contribution is 0.0683. The quantitative estimate of drug-likeness (QED) is 0.925. The number of imidazole rings is 1. The van der Waals surface area contributed by atoms with Gasteiger partial charge in [0, 0.05) is 30.5 Å². The number of aromatic amines is 1. The lowest BCUT2D eigenvalue weighted by atomic mass is 9.99. The normalized spacial score (nSPS) is 18.5. The first-order valence-corrected chi connectivity index (χ1v) is 7.73. The van der Waals surface area contributed by atoms with E-state index in [2.05, 4.69) is 11.9 Å². The average molecular weight is 299 g/mol. The highest BCUT2D eigenvalue weighted by atomic mass is 16.2. The fraction of sp³-hybridized carbons (Fsp3) is 0.412. The Bertz CT molecular complexity index is 727. The van der Waals surface area contributed by atoms with Crippen molar-refractivity contribution in [2.45, 2.75) is 26.7 Å². The van der Waals surface area contributed by atoms with Crippen LogP contribution in [0.4, 0.5) is 0 Å². The largest absolute Gasteiger partial charge is 0.338 e. The number of amides is 1. The van der Waals surface area contributed by atoms with E-state index in [9.17, 15) is 9.59 Å². The van der Waals surface area contributed by atoms with E-state index >= 15 is 0 Å². The third-order valence-corrected chi connectivity index (χ3v) is 4.28. The molecule has 0 aliphatic carbocycles. The second-order valence-corrected chi connectivity index (χ2v) is 6.12. The van der Waals surface area contributed by atoms with Gasteiger partial charge in [0.05, 0.1) is 5.69 Å². The van der Waals surface area contributed by atoms with Crippen LogP contribution in [0.25, 0.3) is 5.69 Å². The van der Waals surface area contributed by atoms with E-state index in [0.717, 1.165) is 30.9 Å². The van der Waals surface area contributed by atoms with Gasteiger partial charge in [-0.15, -0.1) is 0 Å². The molecule has 1 aliphatic heterocycles. The average Bonchev–Trinajstić information content (AvgIpc) is 2.86. The number of piperidine rings is 1. The number of carbonyl (C=O) groups is 1. The van der Waals surface area contributed by atoms with Crippen molar-refractivity contribution in [3.05, 3.63) is 52.2 Å². The Morgan fingerprint density at radius 3 is 2.59 bits per heavy atom. The summed E-state index contributed by atoms with van der Waals surface area (Å²) in [6, 6.07) is 7.25. The van der Waals surface area contributed by atoms with E-state index in [0.29, 0.717) is 11.5 Å². The summed E-state index contributed by atoms with van der Waals surface area (Å²) < 4.78 is 1.59. The number of carbonyl (C=O) groups excluding carboxylic acids is 1. The molecule has 5 heteroatoms. The van der Waals surface area contributed by atoms with Crippen LogP contribution < -0.4 is 5.69 Å². The molecule has 1 aromatic carbocycles. The summed E-state index contributed by atoms with van der Waals surface area (Å²) in [6.07, 6.45) is 3.94. The number of hydrogen-bond donors (Lipinski definition) is 1. The molecule has 3 rings (SSSR count). The summed E-state index contributed by atoms with van der Waals surface area (Å²) in [5.74, 6) is 0.647. The predicted molar refractivity (Wildman–Crippen MR) is 85.4 cm³/mol. The number of likely N-dealkylation sites (tertiary alicyclic amines) is 1. The number of aryl methyl sites for hydroxylation is 1. The maximum atomic E-state index is 12.5. The Morgan fingerprint density at radius 2 is 2.00 bits per heavy atom. The number of rotatable bonds is 2. The molecule has 1 fully saturated rings. The predicted octanol–water partition coefficient (Wildman–Crippen LogP) is 2.35. The molecule has 1 amide bonds. The third-order valence-electron chi connectivity index (χ3n) is 4.28. The van der Waals surface area contributed by atoms with E-state index in [1.807, 2.05) is 24.0 Å². The van der Waals surface area contributed by atoms with Crippen LogP contribution in [0.3, 0.4) is 0 Å². The summed E-state index contributed by atoms with van der Waals surface area (Å²) in [7, 11) is 0. The lowest BCUT2D eigenvalue weighted by Gasteiger charge is -2.31. The molecule has 0 bridgehead atoms. The van der Waals surface area contributed by atoms with Gasteiger partial charge in [-0.05, 0) is 49.9 Å². The van der Waals surface area contributed by atoms with Crippen LogP contribution in [-0.4, -0.2) is 33.4 Å². The maximum absolute atomic E-state index is 12.5. The first-order valence-electron chi connectivity index (χ1n) is 7.73. The van der Waals surface area contributed by atoms with Crippen LogP contribution >= 0.6 is 0 Å². The zero-order chi connectivity index (χ0) is 15.7. The van der Waals surface area contributed by atoms with Crippen LogP contribution in [0.15, 0.2) is 35.3 Å². The Balaban J connectivity index is 1.82.